The average molecular weight is 638 g/mol. The van der Waals surface area contributed by atoms with Gasteiger partial charge in [0.2, 0.25) is 0 Å². The van der Waals surface area contributed by atoms with E-state index in [1.165, 1.54) is 34.9 Å². The Hall–Kier alpha value is -4.27. The number of carbonyl (C=O) groups is 5. The van der Waals surface area contributed by atoms with Crippen molar-refractivity contribution in [1.82, 2.24) is 35.5 Å². The van der Waals surface area contributed by atoms with Gasteiger partial charge in [0.05, 0.1) is 12.8 Å². The molecule has 0 saturated carbocycles. The van der Waals surface area contributed by atoms with Crippen LogP contribution in [0, 0.1) is 0 Å². The van der Waals surface area contributed by atoms with Crippen molar-refractivity contribution in [2.45, 2.75) is 18.3 Å². The number of anilines is 1. The first kappa shape index (κ1) is 29.2. The molecule has 20 heteroatoms. The van der Waals surface area contributed by atoms with Gasteiger partial charge in [0.25, 0.3) is 17.7 Å². The molecule has 0 spiro atoms. The third-order valence-electron chi connectivity index (χ3n) is 6.05. The molecule has 5 rings (SSSR count). The van der Waals surface area contributed by atoms with E-state index in [-0.39, 0.29) is 45.9 Å². The molecule has 0 radical (unpaired) electrons. The molecule has 222 valence electrons. The van der Waals surface area contributed by atoms with E-state index in [0.717, 1.165) is 33.2 Å². The first-order valence-corrected chi connectivity index (χ1v) is 14.9. The number of carbonyl (C=O) groups excluding carboxylic acids is 4. The molecule has 0 bridgehead atoms. The molecule has 17 nitrogen and oxygen atoms in total. The van der Waals surface area contributed by atoms with Gasteiger partial charge in [-0.1, -0.05) is 5.16 Å². The molecule has 42 heavy (non-hydrogen) atoms. The van der Waals surface area contributed by atoms with Crippen molar-refractivity contribution in [2.24, 2.45) is 5.16 Å². The molecule has 1 saturated heterocycles. The Morgan fingerprint density at radius 2 is 2.14 bits per heavy atom. The van der Waals surface area contributed by atoms with Gasteiger partial charge in [-0.2, -0.15) is 0 Å². The molecule has 0 unspecified atom stereocenters. The number of ether oxygens (including phenoxy) is 1. The smallest absolute Gasteiger partial charge is 0.352 e. The number of aliphatic carboxylic acids is 1. The van der Waals surface area contributed by atoms with Crippen LogP contribution >= 0.6 is 35.0 Å². The molecular formula is C22H23N9O8S3. The van der Waals surface area contributed by atoms with E-state index in [4.69, 9.17) is 15.3 Å². The topological polar surface area (TPSA) is 221 Å². The van der Waals surface area contributed by atoms with Crippen molar-refractivity contribution >= 4 is 75.5 Å². The molecular weight excluding hydrogens is 614 g/mol. The predicted octanol–water partition coefficient (Wildman–Crippen LogP) is -1.12. The summed E-state index contributed by atoms with van der Waals surface area (Å²) in [5, 5.41) is 21.3. The molecule has 4 aliphatic rings. The minimum atomic E-state index is -1.29. The van der Waals surface area contributed by atoms with Crippen LogP contribution in [0.25, 0.3) is 0 Å². The highest BCUT2D eigenvalue weighted by Crippen LogP contribution is 2.41. The summed E-state index contributed by atoms with van der Waals surface area (Å²) in [6.07, 6.45) is 2.80. The van der Waals surface area contributed by atoms with E-state index in [1.54, 1.807) is 13.1 Å². The molecule has 1 aromatic rings. The van der Waals surface area contributed by atoms with Gasteiger partial charge in [0, 0.05) is 23.1 Å². The second-order valence-corrected chi connectivity index (χ2v) is 11.5. The van der Waals surface area contributed by atoms with Gasteiger partial charge in [-0.25, -0.2) is 24.0 Å². The maximum atomic E-state index is 13.1. The lowest BCUT2D eigenvalue weighted by molar-refractivity contribution is -0.150. The van der Waals surface area contributed by atoms with Gasteiger partial charge in [-0.05, 0) is 24.4 Å². The number of rotatable bonds is 10. The summed E-state index contributed by atoms with van der Waals surface area (Å²) >= 11 is 3.53. The van der Waals surface area contributed by atoms with E-state index in [2.05, 4.69) is 26.3 Å². The normalized spacial score (nSPS) is 21.6. The summed E-state index contributed by atoms with van der Waals surface area (Å²) in [5.74, 6) is -3.25. The third-order valence-corrected chi connectivity index (χ3v) is 9.01. The maximum absolute atomic E-state index is 13.1. The fourth-order valence-corrected chi connectivity index (χ4v) is 7.07. The fourth-order valence-electron chi connectivity index (χ4n) is 4.20. The molecule has 0 aromatic carbocycles. The Morgan fingerprint density at radius 3 is 2.81 bits per heavy atom. The standard InChI is InChI=1S/C22H23N9O8S3/c1-3-39-21(37)10-4-24-12-5-29(28-31(12)17(10)33)42-7-9-6-40-19-14(18(34)30(19)15(9)20(35)36)26-16(32)13(27-38-2)11-8-41-22(23)25-11/h4-5,8,14,19,24,28H,3,6-7H2,1-2H3,(H2,23,25)(H,26,32)(H,35,36)/t14-,19-/m1/s1. The number of fused-ring (bicyclic) bond motifs is 2. The molecule has 4 aliphatic heterocycles. The monoisotopic (exact) mass is 637 g/mol. The van der Waals surface area contributed by atoms with Gasteiger partial charge < -0.3 is 31.0 Å². The number of esters is 1. The van der Waals surface area contributed by atoms with E-state index < -0.39 is 41.1 Å². The second-order valence-electron chi connectivity index (χ2n) is 8.59. The highest BCUT2D eigenvalue weighted by atomic mass is 32.2. The van der Waals surface area contributed by atoms with E-state index in [0.29, 0.717) is 11.4 Å². The number of carboxylic acid groups (broad SMARTS) is 1. The van der Waals surface area contributed by atoms with E-state index in [9.17, 15) is 29.1 Å². The molecule has 1 aromatic heterocycles. The number of hydrogen-bond donors (Lipinski definition) is 5. The lowest BCUT2D eigenvalue weighted by atomic mass is 10.0. The number of amides is 3. The fraction of sp³-hybridized carbons (Fsp3) is 0.318. The second kappa shape index (κ2) is 11.9. The Bertz CT molecular complexity index is 1490. The quantitative estimate of drug-likeness (QED) is 0.0512. The summed E-state index contributed by atoms with van der Waals surface area (Å²) in [4.78, 5) is 72.9. The Morgan fingerprint density at radius 1 is 1.36 bits per heavy atom. The highest BCUT2D eigenvalue weighted by Gasteiger charge is 2.54. The number of oxime groups is 1. The summed E-state index contributed by atoms with van der Waals surface area (Å²) < 4.78 is 6.36. The Kier molecular flexibility index (Phi) is 8.29. The van der Waals surface area contributed by atoms with Crippen LogP contribution in [0.2, 0.25) is 0 Å². The molecule has 5 heterocycles. The number of β-lactam (4-membered cyclic amide) rings is 1. The molecule has 6 N–H and O–H groups in total. The van der Waals surface area contributed by atoms with Crippen LogP contribution < -0.4 is 21.9 Å². The van der Waals surface area contributed by atoms with Crippen LogP contribution in [0.5, 0.6) is 0 Å². The van der Waals surface area contributed by atoms with Gasteiger partial charge in [0.1, 0.15) is 41.3 Å². The number of thioether (sulfide) groups is 1. The Balaban J connectivity index is 1.23. The van der Waals surface area contributed by atoms with Crippen molar-refractivity contribution < 1.29 is 38.7 Å². The molecule has 3 amide bonds. The number of hydrogen-bond acceptors (Lipinski definition) is 16. The SMILES string of the molecule is CCOC(=O)C1=CNC2=CN(SCC3=C(C(=O)O)N4C(=O)[C@@H](NC(=O)C(=NOC)c5csc(N)n5)[C@H]4SC3)NN2C1=O. The number of nitrogens with two attached hydrogens (primary N) is 1. The van der Waals surface area contributed by atoms with Gasteiger partial charge >= 0.3 is 11.9 Å². The molecule has 0 aliphatic carbocycles. The van der Waals surface area contributed by atoms with Gasteiger partial charge in [-0.15, -0.1) is 28.6 Å². The van der Waals surface area contributed by atoms with Crippen molar-refractivity contribution in [3.63, 3.8) is 0 Å². The lowest BCUT2D eigenvalue weighted by Crippen LogP contribution is -2.71. The predicted molar refractivity (Wildman–Crippen MR) is 150 cm³/mol. The van der Waals surface area contributed by atoms with Crippen LogP contribution in [0.15, 0.2) is 45.6 Å². The van der Waals surface area contributed by atoms with Gasteiger partial charge in [0.15, 0.2) is 10.8 Å². The third kappa shape index (κ3) is 5.35. The first-order valence-electron chi connectivity index (χ1n) is 12.1. The van der Waals surface area contributed by atoms with E-state index in [1.807, 2.05) is 0 Å². The minimum absolute atomic E-state index is 0.110. The number of aromatic nitrogens is 1. The van der Waals surface area contributed by atoms with Crippen molar-refractivity contribution in [3.8, 4) is 0 Å². The minimum Gasteiger partial charge on any atom is -0.477 e. The first-order chi connectivity index (χ1) is 20.1. The van der Waals surface area contributed by atoms with E-state index >= 15 is 0 Å². The van der Waals surface area contributed by atoms with Crippen molar-refractivity contribution in [2.75, 3.05) is 31.0 Å². The summed E-state index contributed by atoms with van der Waals surface area (Å²) in [7, 11) is 1.26. The zero-order valence-corrected chi connectivity index (χ0v) is 24.3. The van der Waals surface area contributed by atoms with Crippen LogP contribution in [0.4, 0.5) is 5.13 Å². The number of hydrazine groups is 2. The molecule has 1 fully saturated rings. The number of nitrogen functional groups attached to an aromatic ring is 1. The van der Waals surface area contributed by atoms with Gasteiger partial charge in [-0.3, -0.25) is 19.3 Å². The highest BCUT2D eigenvalue weighted by molar-refractivity contribution is 8.00. The number of nitrogens with one attached hydrogen (secondary N) is 3. The summed E-state index contributed by atoms with van der Waals surface area (Å²) in [6.45, 7) is 1.74. The summed E-state index contributed by atoms with van der Waals surface area (Å²) in [5.41, 5.74) is 8.54. The Labute approximate surface area is 249 Å². The zero-order chi connectivity index (χ0) is 30.1. The zero-order valence-electron chi connectivity index (χ0n) is 21.9. The van der Waals surface area contributed by atoms with Crippen LogP contribution in [0.3, 0.4) is 0 Å². The van der Waals surface area contributed by atoms with Crippen molar-refractivity contribution in [1.29, 1.82) is 0 Å². The maximum Gasteiger partial charge on any atom is 0.352 e. The lowest BCUT2D eigenvalue weighted by Gasteiger charge is -2.49. The van der Waals surface area contributed by atoms with Crippen LogP contribution in [-0.4, -0.2) is 96.4 Å². The van der Waals surface area contributed by atoms with Crippen molar-refractivity contribution in [3.05, 3.63) is 46.1 Å². The van der Waals surface area contributed by atoms with Crippen LogP contribution in [-0.2, 0) is 33.5 Å². The number of nitrogens with zero attached hydrogens (tertiary/aromatic N) is 5. The number of carboxylic acids is 1. The summed E-state index contributed by atoms with van der Waals surface area (Å²) in [6, 6.07) is -0.997. The van der Waals surface area contributed by atoms with Crippen LogP contribution in [0.1, 0.15) is 12.6 Å². The number of thiazole rings is 1. The molecule has 2 atom stereocenters. The largest absolute Gasteiger partial charge is 0.477 e. The average Bonchev–Trinajstić information content (AvgIpc) is 3.59.